The summed E-state index contributed by atoms with van der Waals surface area (Å²) in [6, 6.07) is 6.73. The molecule has 0 radical (unpaired) electrons. The molecule has 0 N–H and O–H groups in total. The van der Waals surface area contributed by atoms with E-state index in [0.717, 1.165) is 16.9 Å². The second kappa shape index (κ2) is 8.79. The second-order valence-electron chi connectivity index (χ2n) is 7.19. The minimum atomic E-state index is -3.67. The maximum atomic E-state index is 13.1. The topological polar surface area (TPSA) is 76.2 Å². The van der Waals surface area contributed by atoms with Crippen molar-refractivity contribution < 1.29 is 22.7 Å². The third-order valence-electron chi connectivity index (χ3n) is 5.19. The molecule has 1 amide bonds. The Morgan fingerprint density at radius 1 is 1.07 bits per heavy atom. The molecule has 2 aromatic rings. The molecule has 2 aliphatic rings. The number of piperazine rings is 1. The van der Waals surface area contributed by atoms with Gasteiger partial charge in [0.2, 0.25) is 15.9 Å². The van der Waals surface area contributed by atoms with Gasteiger partial charge in [-0.1, -0.05) is 0 Å². The minimum absolute atomic E-state index is 0.101. The predicted molar refractivity (Wildman–Crippen MR) is 115 cm³/mol. The number of aryl methyl sites for hydroxylation is 1. The molecule has 3 heterocycles. The van der Waals surface area contributed by atoms with Gasteiger partial charge in [0.05, 0.1) is 18.1 Å². The number of carbonyl (C=O) groups is 1. The number of fused-ring (bicyclic) bond motifs is 1. The molecule has 0 unspecified atom stereocenters. The Balaban J connectivity index is 1.41. The van der Waals surface area contributed by atoms with Crippen LogP contribution in [-0.4, -0.2) is 62.9 Å². The fourth-order valence-electron chi connectivity index (χ4n) is 3.41. The van der Waals surface area contributed by atoms with Gasteiger partial charge in [0, 0.05) is 49.6 Å². The molecular weight excluding hydrogens is 424 g/mol. The van der Waals surface area contributed by atoms with E-state index in [9.17, 15) is 13.2 Å². The number of ether oxygens (including phenoxy) is 2. The van der Waals surface area contributed by atoms with Gasteiger partial charge in [-0.25, -0.2) is 8.42 Å². The van der Waals surface area contributed by atoms with E-state index in [1.807, 2.05) is 24.4 Å². The summed E-state index contributed by atoms with van der Waals surface area (Å²) in [5.41, 5.74) is 1.13. The number of hydrogen-bond donors (Lipinski definition) is 0. The first-order chi connectivity index (χ1) is 14.4. The molecule has 160 valence electrons. The number of benzene rings is 1. The molecule has 0 atom stereocenters. The summed E-state index contributed by atoms with van der Waals surface area (Å²) in [6.07, 6.45) is 4.14. The third-order valence-corrected chi connectivity index (χ3v) is 8.06. The molecule has 0 saturated carbocycles. The summed E-state index contributed by atoms with van der Waals surface area (Å²) < 4.78 is 38.7. The number of carbonyl (C=O) groups excluding carboxylic acids is 1. The summed E-state index contributed by atoms with van der Waals surface area (Å²) in [5.74, 6) is 0.918. The fraction of sp³-hybridized carbons (Fsp3) is 0.381. The van der Waals surface area contributed by atoms with E-state index in [2.05, 4.69) is 0 Å². The van der Waals surface area contributed by atoms with Gasteiger partial charge in [-0.2, -0.15) is 4.31 Å². The first kappa shape index (κ1) is 20.9. The van der Waals surface area contributed by atoms with E-state index in [1.165, 1.54) is 10.4 Å². The molecule has 1 saturated heterocycles. The normalized spacial score (nSPS) is 17.8. The Morgan fingerprint density at radius 3 is 2.50 bits per heavy atom. The van der Waals surface area contributed by atoms with E-state index >= 15 is 0 Å². The standard InChI is InChI=1S/C21H24N2O5S2/c1-16-7-14-29-20(16)5-6-21(24)22-8-10-23(11-9-22)30(25,26)17-3-4-18-19(15-17)28-13-2-12-27-18/h3-7,14-15H,2,8-13H2,1H3. The van der Waals surface area contributed by atoms with Crippen LogP contribution in [-0.2, 0) is 14.8 Å². The number of thiophene rings is 1. The van der Waals surface area contributed by atoms with Crippen LogP contribution in [0, 0.1) is 6.92 Å². The monoisotopic (exact) mass is 448 g/mol. The van der Waals surface area contributed by atoms with E-state index in [-0.39, 0.29) is 23.9 Å². The van der Waals surface area contributed by atoms with Crippen LogP contribution in [0.1, 0.15) is 16.9 Å². The molecule has 0 spiro atoms. The Bertz CT molecular complexity index is 1050. The second-order valence-corrected chi connectivity index (χ2v) is 10.1. The van der Waals surface area contributed by atoms with Crippen LogP contribution >= 0.6 is 11.3 Å². The average molecular weight is 449 g/mol. The summed E-state index contributed by atoms with van der Waals surface area (Å²) in [5, 5.41) is 1.99. The zero-order valence-electron chi connectivity index (χ0n) is 16.7. The number of rotatable bonds is 4. The van der Waals surface area contributed by atoms with Gasteiger partial charge in [0.1, 0.15) is 0 Å². The number of amides is 1. The van der Waals surface area contributed by atoms with Crippen LogP contribution in [0.4, 0.5) is 0 Å². The Labute approximate surface area is 180 Å². The fourth-order valence-corrected chi connectivity index (χ4v) is 5.67. The van der Waals surface area contributed by atoms with Gasteiger partial charge in [0.15, 0.2) is 11.5 Å². The van der Waals surface area contributed by atoms with Crippen molar-refractivity contribution in [3.63, 3.8) is 0 Å². The SMILES string of the molecule is Cc1ccsc1C=CC(=O)N1CCN(S(=O)(=O)c2ccc3c(c2)OCCCO3)CC1. The first-order valence-corrected chi connectivity index (χ1v) is 12.2. The average Bonchev–Trinajstić information content (AvgIpc) is 3.02. The highest BCUT2D eigenvalue weighted by molar-refractivity contribution is 7.89. The molecule has 2 aliphatic heterocycles. The van der Waals surface area contributed by atoms with Crippen molar-refractivity contribution in [3.8, 4) is 11.5 Å². The molecule has 1 aromatic heterocycles. The lowest BCUT2D eigenvalue weighted by molar-refractivity contribution is -0.127. The molecule has 1 fully saturated rings. The van der Waals surface area contributed by atoms with Crippen LogP contribution in [0.3, 0.4) is 0 Å². The number of hydrogen-bond acceptors (Lipinski definition) is 6. The molecule has 7 nitrogen and oxygen atoms in total. The van der Waals surface area contributed by atoms with Crippen LogP contribution in [0.25, 0.3) is 6.08 Å². The summed E-state index contributed by atoms with van der Waals surface area (Å²) in [4.78, 5) is 15.4. The molecule has 1 aromatic carbocycles. The maximum Gasteiger partial charge on any atom is 0.246 e. The largest absolute Gasteiger partial charge is 0.490 e. The van der Waals surface area contributed by atoms with Gasteiger partial charge in [-0.05, 0) is 42.1 Å². The molecule has 30 heavy (non-hydrogen) atoms. The van der Waals surface area contributed by atoms with Gasteiger partial charge in [-0.15, -0.1) is 11.3 Å². The highest BCUT2D eigenvalue weighted by Gasteiger charge is 2.30. The van der Waals surface area contributed by atoms with E-state index < -0.39 is 10.0 Å². The molecule has 9 heteroatoms. The van der Waals surface area contributed by atoms with Crippen molar-refractivity contribution in [1.82, 2.24) is 9.21 Å². The number of sulfonamides is 1. The Kier molecular flexibility index (Phi) is 6.12. The lowest BCUT2D eigenvalue weighted by Crippen LogP contribution is -2.50. The van der Waals surface area contributed by atoms with Gasteiger partial charge in [-0.3, -0.25) is 4.79 Å². The first-order valence-electron chi connectivity index (χ1n) is 9.86. The predicted octanol–water partition coefficient (Wildman–Crippen LogP) is 2.76. The third kappa shape index (κ3) is 4.38. The zero-order valence-corrected chi connectivity index (χ0v) is 18.4. The van der Waals surface area contributed by atoms with Crippen molar-refractivity contribution >= 4 is 33.3 Å². The molecule has 0 bridgehead atoms. The van der Waals surface area contributed by atoms with Crippen molar-refractivity contribution in [1.29, 1.82) is 0 Å². The lowest BCUT2D eigenvalue weighted by Gasteiger charge is -2.33. The van der Waals surface area contributed by atoms with Crippen molar-refractivity contribution in [3.05, 3.63) is 46.2 Å². The van der Waals surface area contributed by atoms with Crippen LogP contribution in [0.2, 0.25) is 0 Å². The van der Waals surface area contributed by atoms with E-state index in [4.69, 9.17) is 9.47 Å². The smallest absolute Gasteiger partial charge is 0.246 e. The summed E-state index contributed by atoms with van der Waals surface area (Å²) in [7, 11) is -3.67. The highest BCUT2D eigenvalue weighted by Crippen LogP contribution is 2.33. The number of nitrogens with zero attached hydrogens (tertiary/aromatic N) is 2. The van der Waals surface area contributed by atoms with Crippen LogP contribution < -0.4 is 9.47 Å². The van der Waals surface area contributed by atoms with Crippen molar-refractivity contribution in [2.45, 2.75) is 18.2 Å². The highest BCUT2D eigenvalue weighted by atomic mass is 32.2. The quantitative estimate of drug-likeness (QED) is 0.673. The van der Waals surface area contributed by atoms with E-state index in [0.29, 0.717) is 37.8 Å². The molecule has 0 aliphatic carbocycles. The summed E-state index contributed by atoms with van der Waals surface area (Å²) >= 11 is 1.59. The zero-order chi connectivity index (χ0) is 21.1. The Morgan fingerprint density at radius 2 is 1.80 bits per heavy atom. The molecular formula is C21H24N2O5S2. The Hall–Kier alpha value is -2.36. The van der Waals surface area contributed by atoms with Crippen LogP contribution in [0.5, 0.6) is 11.5 Å². The maximum absolute atomic E-state index is 13.1. The minimum Gasteiger partial charge on any atom is -0.490 e. The van der Waals surface area contributed by atoms with Crippen LogP contribution in [0.15, 0.2) is 40.6 Å². The van der Waals surface area contributed by atoms with Crippen molar-refractivity contribution in [2.75, 3.05) is 39.4 Å². The van der Waals surface area contributed by atoms with E-state index in [1.54, 1.807) is 34.4 Å². The van der Waals surface area contributed by atoms with Gasteiger partial charge < -0.3 is 14.4 Å². The van der Waals surface area contributed by atoms with Crippen molar-refractivity contribution in [2.24, 2.45) is 0 Å². The van der Waals surface area contributed by atoms with Gasteiger partial charge >= 0.3 is 0 Å². The van der Waals surface area contributed by atoms with Gasteiger partial charge in [0.25, 0.3) is 0 Å². The lowest BCUT2D eigenvalue weighted by atomic mass is 10.2. The summed E-state index contributed by atoms with van der Waals surface area (Å²) in [6.45, 7) is 4.28. The molecule has 4 rings (SSSR count).